The van der Waals surface area contributed by atoms with E-state index < -0.39 is 10.7 Å². The first kappa shape index (κ1) is 39.1. The largest absolute Gasteiger partial charge is 0.369 e. The van der Waals surface area contributed by atoms with Crippen molar-refractivity contribution in [3.63, 3.8) is 0 Å². The number of nitrogens with one attached hydrogen (secondary N) is 1. The number of imidazole rings is 1. The molecule has 0 unspecified atom stereocenters. The number of aryl methyl sites for hydroxylation is 2. The molecule has 260 valence electrons. The molecule has 3 N–H and O–H groups in total. The van der Waals surface area contributed by atoms with Gasteiger partial charge >= 0.3 is 0 Å². The van der Waals surface area contributed by atoms with E-state index in [9.17, 15) is 24.6 Å². The van der Waals surface area contributed by atoms with Gasteiger partial charge in [0.25, 0.3) is 11.4 Å². The van der Waals surface area contributed by atoms with Gasteiger partial charge in [0.05, 0.1) is 33.5 Å². The molecule has 2 saturated heterocycles. The number of nitrogens with zero attached hydrogens (tertiary/aromatic N) is 8. The van der Waals surface area contributed by atoms with Gasteiger partial charge in [-0.05, 0) is 91.9 Å². The third-order valence-corrected chi connectivity index (χ3v) is 7.53. The fourth-order valence-corrected chi connectivity index (χ4v) is 5.14. The predicted molar refractivity (Wildman–Crippen MR) is 186 cm³/mol. The Kier molecular flexibility index (Phi) is 16.9. The smallest absolute Gasteiger partial charge is 0.274 e. The van der Waals surface area contributed by atoms with Gasteiger partial charge < -0.3 is 30.3 Å². The van der Waals surface area contributed by atoms with Crippen molar-refractivity contribution < 1.29 is 14.2 Å². The summed E-state index contributed by atoms with van der Waals surface area (Å²) in [7, 11) is 7.20. The fraction of sp³-hybridized carbons (Fsp3) is 0.562. The third-order valence-electron chi connectivity index (χ3n) is 7.53. The van der Waals surface area contributed by atoms with Crippen molar-refractivity contribution in [3.05, 3.63) is 67.8 Å². The van der Waals surface area contributed by atoms with Gasteiger partial charge in [-0.3, -0.25) is 20.2 Å². The summed E-state index contributed by atoms with van der Waals surface area (Å²) in [6, 6.07) is 5.67. The van der Waals surface area contributed by atoms with Gasteiger partial charge in [-0.25, -0.2) is 14.4 Å². The van der Waals surface area contributed by atoms with Gasteiger partial charge in [0.2, 0.25) is 0 Å². The number of likely N-dealkylation sites (tertiary alicyclic amines) is 2. The van der Waals surface area contributed by atoms with E-state index in [1.54, 1.807) is 38.3 Å². The van der Waals surface area contributed by atoms with Gasteiger partial charge in [-0.2, -0.15) is 0 Å². The highest BCUT2D eigenvalue weighted by molar-refractivity contribution is 5.79. The monoisotopic (exact) mass is 658 g/mol. The van der Waals surface area contributed by atoms with Crippen LogP contribution < -0.4 is 11.1 Å². The molecule has 2 fully saturated rings. The van der Waals surface area contributed by atoms with Crippen LogP contribution >= 0.6 is 0 Å². The summed E-state index contributed by atoms with van der Waals surface area (Å²) in [4.78, 5) is 35.3. The second-order valence-electron chi connectivity index (χ2n) is 11.8. The van der Waals surface area contributed by atoms with Crippen molar-refractivity contribution in [2.75, 3.05) is 74.0 Å². The van der Waals surface area contributed by atoms with E-state index in [-0.39, 0.29) is 27.5 Å². The van der Waals surface area contributed by atoms with Crippen LogP contribution in [0.15, 0.2) is 35.6 Å². The summed E-state index contributed by atoms with van der Waals surface area (Å²) in [6.45, 7) is 12.0. The number of hydrogen-bond donors (Lipinski definition) is 2. The highest BCUT2D eigenvalue weighted by Gasteiger charge is 2.17. The standard InChI is InChI=1S/C14H18N4O2.C10H12FN3O2.C6H14N2.C2H7N/c1-11-8-14-12(9-13(11)18(19)20)15-10-17(14)7-6-16-4-2-3-5-16;1-7-4-8(11)9(12-6-13(2)3)5-10(7)14(15)16;7-3-6-8-4-1-2-5-8;1-3-2/h8-10H,2-7H2,1H3;4-6H,1-3H3;1-7H2;3H,1-2H3. The molecule has 5 rings (SSSR count). The van der Waals surface area contributed by atoms with Crippen molar-refractivity contribution in [3.8, 4) is 0 Å². The molecule has 47 heavy (non-hydrogen) atoms. The summed E-state index contributed by atoms with van der Waals surface area (Å²) in [5.41, 5.74) is 7.99. The van der Waals surface area contributed by atoms with Crippen LogP contribution in [0.3, 0.4) is 0 Å². The van der Waals surface area contributed by atoms with Crippen molar-refractivity contribution in [2.45, 2.75) is 46.1 Å². The lowest BCUT2D eigenvalue weighted by atomic mass is 10.2. The maximum Gasteiger partial charge on any atom is 0.274 e. The molecule has 0 saturated carbocycles. The number of halogens is 1. The van der Waals surface area contributed by atoms with E-state index in [0.717, 1.165) is 43.8 Å². The van der Waals surface area contributed by atoms with Gasteiger partial charge in [-0.1, -0.05) is 0 Å². The number of aliphatic imine (C=N–C) groups is 1. The second-order valence-corrected chi connectivity index (χ2v) is 11.8. The Bertz CT molecular complexity index is 1450. The summed E-state index contributed by atoms with van der Waals surface area (Å²) in [5, 5.41) is 24.3. The molecular weight excluding hydrogens is 607 g/mol. The Morgan fingerprint density at radius 1 is 0.915 bits per heavy atom. The fourth-order valence-electron chi connectivity index (χ4n) is 5.14. The highest BCUT2D eigenvalue weighted by Crippen LogP contribution is 2.27. The average Bonchev–Trinajstić information content (AvgIpc) is 3.79. The molecule has 0 amide bonds. The molecule has 2 aliphatic heterocycles. The minimum Gasteiger partial charge on any atom is -0.369 e. The molecule has 0 atom stereocenters. The zero-order valence-electron chi connectivity index (χ0n) is 28.6. The van der Waals surface area contributed by atoms with E-state index in [0.29, 0.717) is 11.1 Å². The second kappa shape index (κ2) is 20.2. The molecule has 3 aromatic rings. The van der Waals surface area contributed by atoms with E-state index in [1.807, 2.05) is 20.2 Å². The number of nitrogens with two attached hydrogens (primary N) is 1. The van der Waals surface area contributed by atoms with Crippen molar-refractivity contribution >= 4 is 34.4 Å². The van der Waals surface area contributed by atoms with Gasteiger partial charge in [0.15, 0.2) is 0 Å². The maximum atomic E-state index is 13.4. The first-order chi connectivity index (χ1) is 22.4. The SMILES string of the molecule is CNC.Cc1cc(F)c(N=CN(C)C)cc1[N+](=O)[O-].Cc1cc2c(cc1[N+](=O)[O-])ncn2CCN1CCCC1.NCCN1CCCC1. The molecule has 0 bridgehead atoms. The molecule has 15 heteroatoms. The summed E-state index contributed by atoms with van der Waals surface area (Å²) in [6.07, 6.45) is 8.49. The van der Waals surface area contributed by atoms with Crippen molar-refractivity contribution in [1.82, 2.24) is 29.6 Å². The lowest BCUT2D eigenvalue weighted by Crippen LogP contribution is -2.26. The number of hydrogen-bond acceptors (Lipinski definition) is 10. The minimum absolute atomic E-state index is 0.0361. The van der Waals surface area contributed by atoms with E-state index in [4.69, 9.17) is 5.73 Å². The van der Waals surface area contributed by atoms with Crippen molar-refractivity contribution in [2.24, 2.45) is 10.7 Å². The number of nitro groups is 2. The maximum absolute atomic E-state index is 13.4. The molecule has 2 aromatic carbocycles. The molecule has 14 nitrogen and oxygen atoms in total. The molecule has 3 heterocycles. The van der Waals surface area contributed by atoms with Gasteiger partial charge in [0.1, 0.15) is 11.5 Å². The molecule has 2 aliphatic rings. The van der Waals surface area contributed by atoms with Crippen LogP contribution in [0, 0.1) is 39.9 Å². The Hall–Kier alpha value is -4.05. The van der Waals surface area contributed by atoms with Gasteiger partial charge in [-0.15, -0.1) is 0 Å². The van der Waals surface area contributed by atoms with Crippen LogP contribution in [-0.2, 0) is 6.54 Å². The average molecular weight is 659 g/mol. The Morgan fingerprint density at radius 2 is 1.43 bits per heavy atom. The van der Waals surface area contributed by atoms with Crippen LogP contribution in [0.5, 0.6) is 0 Å². The topological polar surface area (TPSA) is 164 Å². The molecule has 0 spiro atoms. The lowest BCUT2D eigenvalue weighted by molar-refractivity contribution is -0.385. The molecule has 0 radical (unpaired) electrons. The molecule has 0 aliphatic carbocycles. The zero-order valence-corrected chi connectivity index (χ0v) is 28.6. The third kappa shape index (κ3) is 12.9. The van der Waals surface area contributed by atoms with Crippen molar-refractivity contribution in [1.29, 1.82) is 0 Å². The normalized spacial score (nSPS) is 14.6. The number of nitro benzene ring substituents is 2. The molecular formula is C32H51FN10O4. The summed E-state index contributed by atoms with van der Waals surface area (Å²) in [5.74, 6) is -0.568. The van der Waals surface area contributed by atoms with Crippen LogP contribution in [0.2, 0.25) is 0 Å². The summed E-state index contributed by atoms with van der Waals surface area (Å²) < 4.78 is 15.5. The number of aromatic nitrogens is 2. The van der Waals surface area contributed by atoms with Crippen LogP contribution in [-0.4, -0.2) is 114 Å². The molecule has 1 aromatic heterocycles. The first-order valence-electron chi connectivity index (χ1n) is 15.9. The van der Waals surface area contributed by atoms with Crippen LogP contribution in [0.25, 0.3) is 11.0 Å². The predicted octanol–water partition coefficient (Wildman–Crippen LogP) is 4.49. The van der Waals surface area contributed by atoms with Gasteiger partial charge in [0, 0.05) is 63.5 Å². The van der Waals surface area contributed by atoms with Crippen LogP contribution in [0.4, 0.5) is 21.5 Å². The Labute approximate surface area is 276 Å². The van der Waals surface area contributed by atoms with Crippen LogP contribution in [0.1, 0.15) is 36.8 Å². The van der Waals surface area contributed by atoms with E-state index in [2.05, 4.69) is 29.7 Å². The van der Waals surface area contributed by atoms with E-state index >= 15 is 0 Å². The number of rotatable bonds is 9. The first-order valence-corrected chi connectivity index (χ1v) is 15.9. The summed E-state index contributed by atoms with van der Waals surface area (Å²) >= 11 is 0. The number of fused-ring (bicyclic) bond motifs is 1. The highest BCUT2D eigenvalue weighted by atomic mass is 19.1. The zero-order chi connectivity index (χ0) is 34.9. The quantitative estimate of drug-likeness (QED) is 0.145. The lowest BCUT2D eigenvalue weighted by Gasteiger charge is -2.15. The number of benzene rings is 2. The Morgan fingerprint density at radius 3 is 1.94 bits per heavy atom. The van der Waals surface area contributed by atoms with E-state index in [1.165, 1.54) is 65.1 Å². The Balaban J connectivity index is 0.000000253. The minimum atomic E-state index is -0.568.